The molecule has 0 aromatic carbocycles. The number of hydrogen-bond donors (Lipinski definition) is 1. The minimum absolute atomic E-state index is 0.00241. The summed E-state index contributed by atoms with van der Waals surface area (Å²) in [5, 5.41) is 5.09. The summed E-state index contributed by atoms with van der Waals surface area (Å²) < 4.78 is 4.61. The Labute approximate surface area is 91.2 Å². The number of carbonyl (C=O) groups is 2. The third-order valence-electron chi connectivity index (χ3n) is 2.26. The van der Waals surface area contributed by atoms with Crippen LogP contribution in [0.3, 0.4) is 0 Å². The second-order valence-electron chi connectivity index (χ2n) is 3.42. The molecule has 1 fully saturated rings. The molecule has 0 unspecified atom stereocenters. The lowest BCUT2D eigenvalue weighted by Gasteiger charge is -2.03. The van der Waals surface area contributed by atoms with Crippen molar-refractivity contribution in [3.63, 3.8) is 0 Å². The van der Waals surface area contributed by atoms with Gasteiger partial charge < -0.3 is 10.1 Å². The molecule has 0 atom stereocenters. The Morgan fingerprint density at radius 3 is 2.87 bits per heavy atom. The zero-order valence-electron chi connectivity index (χ0n) is 8.28. The van der Waals surface area contributed by atoms with Gasteiger partial charge in [-0.2, -0.15) is 0 Å². The number of methoxy groups -OCH3 is 1. The third-order valence-corrected chi connectivity index (χ3v) is 3.09. The largest absolute Gasteiger partial charge is 0.465 e. The van der Waals surface area contributed by atoms with E-state index in [0.29, 0.717) is 10.6 Å². The Morgan fingerprint density at radius 1 is 1.53 bits per heavy atom. The van der Waals surface area contributed by atoms with Gasteiger partial charge in [-0.15, -0.1) is 11.3 Å². The maximum atomic E-state index is 11.5. The van der Waals surface area contributed by atoms with E-state index in [1.54, 1.807) is 11.4 Å². The fourth-order valence-electron chi connectivity index (χ4n) is 1.24. The number of hydrogen-bond acceptors (Lipinski definition) is 4. The first-order valence-corrected chi connectivity index (χ1v) is 5.57. The van der Waals surface area contributed by atoms with E-state index in [1.807, 2.05) is 0 Å². The van der Waals surface area contributed by atoms with Crippen molar-refractivity contribution >= 4 is 28.2 Å². The van der Waals surface area contributed by atoms with Crippen LogP contribution in [0.2, 0.25) is 0 Å². The predicted molar refractivity (Wildman–Crippen MR) is 57.0 cm³/mol. The van der Waals surface area contributed by atoms with E-state index in [9.17, 15) is 9.59 Å². The van der Waals surface area contributed by atoms with Gasteiger partial charge in [0.15, 0.2) is 0 Å². The highest BCUT2D eigenvalue weighted by Crippen LogP contribution is 2.32. The third kappa shape index (κ3) is 2.18. The number of amides is 1. The summed E-state index contributed by atoms with van der Waals surface area (Å²) >= 11 is 1.33. The number of ether oxygens (including phenoxy) is 1. The molecule has 1 aliphatic rings. The monoisotopic (exact) mass is 225 g/mol. The molecular formula is C10H11NO3S. The number of carbonyl (C=O) groups excluding carboxylic acids is 2. The van der Waals surface area contributed by atoms with Crippen molar-refractivity contribution < 1.29 is 14.3 Å². The highest BCUT2D eigenvalue weighted by molar-refractivity contribution is 7.14. The minimum Gasteiger partial charge on any atom is -0.465 e. The van der Waals surface area contributed by atoms with E-state index in [-0.39, 0.29) is 11.8 Å². The van der Waals surface area contributed by atoms with Gasteiger partial charge >= 0.3 is 5.97 Å². The molecule has 0 aliphatic heterocycles. The van der Waals surface area contributed by atoms with Gasteiger partial charge in [-0.05, 0) is 24.3 Å². The first kappa shape index (κ1) is 10.2. The van der Waals surface area contributed by atoms with Crippen LogP contribution in [-0.4, -0.2) is 19.0 Å². The van der Waals surface area contributed by atoms with Crippen LogP contribution in [0.4, 0.5) is 5.00 Å². The van der Waals surface area contributed by atoms with E-state index >= 15 is 0 Å². The molecule has 15 heavy (non-hydrogen) atoms. The number of rotatable bonds is 3. The average Bonchev–Trinajstić information content (AvgIpc) is 2.99. The lowest BCUT2D eigenvalue weighted by atomic mass is 10.3. The van der Waals surface area contributed by atoms with E-state index in [1.165, 1.54) is 18.4 Å². The summed E-state index contributed by atoms with van der Waals surface area (Å²) in [7, 11) is 1.33. The van der Waals surface area contributed by atoms with Gasteiger partial charge in [0.2, 0.25) is 5.91 Å². The molecule has 2 rings (SSSR count). The van der Waals surface area contributed by atoms with Crippen molar-refractivity contribution in [3.8, 4) is 0 Å². The molecule has 5 heteroatoms. The van der Waals surface area contributed by atoms with E-state index in [0.717, 1.165) is 12.8 Å². The van der Waals surface area contributed by atoms with Crippen LogP contribution in [0.5, 0.6) is 0 Å². The fourth-order valence-corrected chi connectivity index (χ4v) is 2.01. The Morgan fingerprint density at radius 2 is 2.27 bits per heavy atom. The maximum Gasteiger partial charge on any atom is 0.340 e. The van der Waals surface area contributed by atoms with Gasteiger partial charge in [0, 0.05) is 5.92 Å². The molecule has 1 aromatic rings. The highest BCUT2D eigenvalue weighted by atomic mass is 32.1. The van der Waals surface area contributed by atoms with Gasteiger partial charge in [0.1, 0.15) is 5.00 Å². The highest BCUT2D eigenvalue weighted by Gasteiger charge is 2.30. The van der Waals surface area contributed by atoms with Gasteiger partial charge in [0.05, 0.1) is 12.7 Å². The normalized spacial score (nSPS) is 14.7. The van der Waals surface area contributed by atoms with Gasteiger partial charge in [-0.3, -0.25) is 4.79 Å². The van der Waals surface area contributed by atoms with Crippen LogP contribution in [0, 0.1) is 5.92 Å². The number of anilines is 1. The topological polar surface area (TPSA) is 55.4 Å². The Hall–Kier alpha value is -1.36. The number of thiophene rings is 1. The predicted octanol–water partition coefficient (Wildman–Crippen LogP) is 1.88. The summed E-state index contributed by atoms with van der Waals surface area (Å²) in [5.74, 6) is -0.275. The molecule has 1 aromatic heterocycles. The fraction of sp³-hybridized carbons (Fsp3) is 0.400. The quantitative estimate of drug-likeness (QED) is 0.799. The molecule has 4 nitrogen and oxygen atoms in total. The van der Waals surface area contributed by atoms with Crippen LogP contribution in [-0.2, 0) is 9.53 Å². The molecule has 1 heterocycles. The smallest absolute Gasteiger partial charge is 0.340 e. The molecule has 1 aliphatic carbocycles. The Balaban J connectivity index is 2.10. The van der Waals surface area contributed by atoms with Crippen molar-refractivity contribution in [1.82, 2.24) is 0 Å². The van der Waals surface area contributed by atoms with Crippen LogP contribution < -0.4 is 5.32 Å². The maximum absolute atomic E-state index is 11.5. The molecule has 0 radical (unpaired) electrons. The number of esters is 1. The van der Waals surface area contributed by atoms with Gasteiger partial charge in [0.25, 0.3) is 0 Å². The summed E-state index contributed by atoms with van der Waals surface area (Å²) in [6.45, 7) is 0. The molecule has 80 valence electrons. The molecule has 1 N–H and O–H groups in total. The molecule has 1 amide bonds. The second-order valence-corrected chi connectivity index (χ2v) is 4.33. The second kappa shape index (κ2) is 4.02. The standard InChI is InChI=1S/C10H11NO3S/c1-14-10(13)7-4-5-15-9(7)11-8(12)6-2-3-6/h4-6H,2-3H2,1H3,(H,11,12). The zero-order chi connectivity index (χ0) is 10.8. The summed E-state index contributed by atoms with van der Waals surface area (Å²) in [6.07, 6.45) is 1.90. The Kier molecular flexibility index (Phi) is 2.73. The lowest BCUT2D eigenvalue weighted by Crippen LogP contribution is -2.14. The van der Waals surface area contributed by atoms with Crippen molar-refractivity contribution in [2.45, 2.75) is 12.8 Å². The molecular weight excluding hydrogens is 214 g/mol. The summed E-state index contributed by atoms with van der Waals surface area (Å²) in [4.78, 5) is 22.8. The van der Waals surface area contributed by atoms with Gasteiger partial charge in [-0.25, -0.2) is 4.79 Å². The van der Waals surface area contributed by atoms with E-state index < -0.39 is 5.97 Å². The van der Waals surface area contributed by atoms with E-state index in [2.05, 4.69) is 10.1 Å². The van der Waals surface area contributed by atoms with Crippen molar-refractivity contribution in [2.24, 2.45) is 5.92 Å². The summed E-state index contributed by atoms with van der Waals surface area (Å²) in [5.41, 5.74) is 0.427. The first-order valence-electron chi connectivity index (χ1n) is 4.69. The molecule has 1 saturated carbocycles. The Bertz CT molecular complexity index is 395. The van der Waals surface area contributed by atoms with Crippen LogP contribution in [0.25, 0.3) is 0 Å². The minimum atomic E-state index is -0.414. The number of nitrogens with one attached hydrogen (secondary N) is 1. The molecule has 0 saturated heterocycles. The van der Waals surface area contributed by atoms with Crippen molar-refractivity contribution in [3.05, 3.63) is 17.0 Å². The van der Waals surface area contributed by atoms with Gasteiger partial charge in [-0.1, -0.05) is 0 Å². The molecule has 0 spiro atoms. The first-order chi connectivity index (χ1) is 7.22. The SMILES string of the molecule is COC(=O)c1ccsc1NC(=O)C1CC1. The summed E-state index contributed by atoms with van der Waals surface area (Å²) in [6, 6.07) is 1.65. The van der Waals surface area contributed by atoms with Crippen LogP contribution >= 0.6 is 11.3 Å². The molecule has 0 bridgehead atoms. The van der Waals surface area contributed by atoms with Crippen LogP contribution in [0.15, 0.2) is 11.4 Å². The van der Waals surface area contributed by atoms with E-state index in [4.69, 9.17) is 0 Å². The van der Waals surface area contributed by atoms with Crippen molar-refractivity contribution in [2.75, 3.05) is 12.4 Å². The zero-order valence-corrected chi connectivity index (χ0v) is 9.10. The van der Waals surface area contributed by atoms with Crippen LogP contribution in [0.1, 0.15) is 23.2 Å². The average molecular weight is 225 g/mol. The lowest BCUT2D eigenvalue weighted by molar-refractivity contribution is -0.117. The van der Waals surface area contributed by atoms with Crippen molar-refractivity contribution in [1.29, 1.82) is 0 Å².